The molecule has 3 aromatic carbocycles. The van der Waals surface area contributed by atoms with Crippen LogP contribution in [0.25, 0.3) is 0 Å². The monoisotopic (exact) mass is 467 g/mol. The number of benzene rings is 3. The van der Waals surface area contributed by atoms with E-state index < -0.39 is 29.6 Å². The number of urea groups is 1. The van der Waals surface area contributed by atoms with Gasteiger partial charge in [-0.25, -0.2) is 18.0 Å². The number of halogens is 3. The van der Waals surface area contributed by atoms with Gasteiger partial charge in [-0.2, -0.15) is 0 Å². The van der Waals surface area contributed by atoms with Gasteiger partial charge in [-0.1, -0.05) is 48.5 Å². The molecule has 1 N–H and O–H groups in total. The highest BCUT2D eigenvalue weighted by Gasteiger charge is 2.28. The fraction of sp³-hybridized carbons (Fsp3) is 0.231. The number of amides is 2. The van der Waals surface area contributed by atoms with Gasteiger partial charge in [0.15, 0.2) is 6.10 Å². The third-order valence-corrected chi connectivity index (χ3v) is 5.59. The summed E-state index contributed by atoms with van der Waals surface area (Å²) in [6.45, 7) is 1.97. The van der Waals surface area contributed by atoms with E-state index in [1.807, 2.05) is 25.1 Å². The Balaban J connectivity index is 1.51. The molecule has 0 aromatic heterocycles. The van der Waals surface area contributed by atoms with Gasteiger partial charge in [-0.05, 0) is 36.2 Å². The number of oxime groups is 1. The first-order chi connectivity index (χ1) is 16.4. The van der Waals surface area contributed by atoms with Crippen LogP contribution in [0.1, 0.15) is 30.0 Å². The Morgan fingerprint density at radius 3 is 2.65 bits per heavy atom. The first-order valence-corrected chi connectivity index (χ1v) is 11.0. The summed E-state index contributed by atoms with van der Waals surface area (Å²) in [5.41, 5.74) is 2.58. The van der Waals surface area contributed by atoms with Crippen molar-refractivity contribution in [2.45, 2.75) is 32.4 Å². The number of hydrogen-bond acceptors (Lipinski definition) is 3. The summed E-state index contributed by atoms with van der Waals surface area (Å²) in [5.74, 6) is -1.86. The summed E-state index contributed by atoms with van der Waals surface area (Å²) in [5, 5.41) is 6.83. The Morgan fingerprint density at radius 1 is 1.06 bits per heavy atom. The second-order valence-corrected chi connectivity index (χ2v) is 8.05. The second kappa shape index (κ2) is 10.4. The van der Waals surface area contributed by atoms with E-state index in [1.54, 1.807) is 24.3 Å². The van der Waals surface area contributed by atoms with E-state index in [2.05, 4.69) is 10.5 Å². The minimum Gasteiger partial charge on any atom is -0.390 e. The molecule has 0 saturated carbocycles. The molecule has 1 aliphatic rings. The molecule has 3 aromatic rings. The summed E-state index contributed by atoms with van der Waals surface area (Å²) >= 11 is 0. The molecule has 34 heavy (non-hydrogen) atoms. The van der Waals surface area contributed by atoms with E-state index in [0.717, 1.165) is 24.1 Å². The van der Waals surface area contributed by atoms with E-state index in [4.69, 9.17) is 4.84 Å². The summed E-state index contributed by atoms with van der Waals surface area (Å²) in [6, 6.07) is 16.4. The van der Waals surface area contributed by atoms with Crippen LogP contribution in [0, 0.1) is 17.5 Å². The molecule has 1 aliphatic heterocycles. The van der Waals surface area contributed by atoms with Gasteiger partial charge in [0.05, 0.1) is 18.8 Å². The lowest BCUT2D eigenvalue weighted by Gasteiger charge is -2.25. The maximum absolute atomic E-state index is 14.3. The quantitative estimate of drug-likeness (QED) is 0.471. The van der Waals surface area contributed by atoms with Crippen LogP contribution in [0.3, 0.4) is 0 Å². The molecule has 4 rings (SSSR count). The molecule has 8 heteroatoms. The van der Waals surface area contributed by atoms with Crippen molar-refractivity contribution in [3.8, 4) is 0 Å². The number of anilines is 1. The van der Waals surface area contributed by atoms with Crippen LogP contribution in [0.15, 0.2) is 71.9 Å². The molecule has 5 nitrogen and oxygen atoms in total. The Bertz CT molecular complexity index is 1220. The van der Waals surface area contributed by atoms with E-state index >= 15 is 0 Å². The minimum absolute atomic E-state index is 0.0670. The zero-order valence-corrected chi connectivity index (χ0v) is 18.6. The summed E-state index contributed by atoms with van der Waals surface area (Å²) in [4.78, 5) is 20.0. The molecule has 1 unspecified atom stereocenters. The third-order valence-electron chi connectivity index (χ3n) is 5.59. The fourth-order valence-corrected chi connectivity index (χ4v) is 3.77. The van der Waals surface area contributed by atoms with Crippen LogP contribution in [-0.2, 0) is 17.8 Å². The van der Waals surface area contributed by atoms with Gasteiger partial charge in [0.25, 0.3) is 0 Å². The number of carbonyl (C=O) groups excluding carboxylic acids is 1. The van der Waals surface area contributed by atoms with Crippen molar-refractivity contribution in [1.82, 2.24) is 4.90 Å². The zero-order chi connectivity index (χ0) is 24.1. The number of nitrogens with zero attached hydrogens (tertiary/aromatic N) is 2. The van der Waals surface area contributed by atoms with Crippen LogP contribution in [0.5, 0.6) is 0 Å². The Labute approximate surface area is 195 Å². The van der Waals surface area contributed by atoms with Crippen molar-refractivity contribution in [1.29, 1.82) is 0 Å². The van der Waals surface area contributed by atoms with Crippen LogP contribution >= 0.6 is 0 Å². The lowest BCUT2D eigenvalue weighted by atomic mass is 10.0. The highest BCUT2D eigenvalue weighted by atomic mass is 19.1. The maximum Gasteiger partial charge on any atom is 0.322 e. The van der Waals surface area contributed by atoms with E-state index in [1.165, 1.54) is 17.0 Å². The topological polar surface area (TPSA) is 53.9 Å². The first-order valence-electron chi connectivity index (χ1n) is 11.0. The van der Waals surface area contributed by atoms with Gasteiger partial charge in [0.1, 0.15) is 17.5 Å². The minimum atomic E-state index is -0.749. The molecule has 0 saturated heterocycles. The molecule has 1 heterocycles. The van der Waals surface area contributed by atoms with Crippen molar-refractivity contribution < 1.29 is 22.8 Å². The summed E-state index contributed by atoms with van der Waals surface area (Å²) in [6.07, 6.45) is 0.535. The van der Waals surface area contributed by atoms with Crippen molar-refractivity contribution >= 4 is 17.4 Å². The molecule has 0 bridgehead atoms. The van der Waals surface area contributed by atoms with Crippen molar-refractivity contribution in [3.05, 3.63) is 101 Å². The van der Waals surface area contributed by atoms with Gasteiger partial charge in [0.2, 0.25) is 0 Å². The first kappa shape index (κ1) is 23.4. The number of aryl methyl sites for hydroxylation is 1. The Kier molecular flexibility index (Phi) is 7.15. The average Bonchev–Trinajstić information content (AvgIpc) is 3.29. The standard InChI is InChI=1S/C26H24F3N3O2/c1-2-17-6-5-7-20(12-17)30-26(33)32(15-18-10-11-19(27)13-24(18)29)16-21-14-25(31-34-21)22-8-3-4-9-23(22)28/h3-13,21H,2,14-16H2,1H3,(H,30,33). The summed E-state index contributed by atoms with van der Waals surface area (Å²) < 4.78 is 41.9. The van der Waals surface area contributed by atoms with Gasteiger partial charge < -0.3 is 15.1 Å². The number of carbonyl (C=O) groups is 1. The smallest absolute Gasteiger partial charge is 0.322 e. The van der Waals surface area contributed by atoms with Crippen molar-refractivity contribution in [3.63, 3.8) is 0 Å². The highest BCUT2D eigenvalue weighted by molar-refractivity contribution is 6.01. The second-order valence-electron chi connectivity index (χ2n) is 8.05. The lowest BCUT2D eigenvalue weighted by molar-refractivity contribution is 0.0606. The third kappa shape index (κ3) is 5.57. The zero-order valence-electron chi connectivity index (χ0n) is 18.6. The van der Waals surface area contributed by atoms with Gasteiger partial charge in [-0.3, -0.25) is 0 Å². The average molecular weight is 467 g/mol. The molecule has 2 amide bonds. The van der Waals surface area contributed by atoms with Gasteiger partial charge >= 0.3 is 6.03 Å². The molecule has 0 fully saturated rings. The number of nitrogens with one attached hydrogen (secondary N) is 1. The number of rotatable bonds is 7. The van der Waals surface area contributed by atoms with Gasteiger partial charge in [0, 0.05) is 29.3 Å². The Hall–Kier alpha value is -3.81. The van der Waals surface area contributed by atoms with E-state index in [0.29, 0.717) is 17.0 Å². The molecule has 0 aliphatic carbocycles. The predicted molar refractivity (Wildman–Crippen MR) is 124 cm³/mol. The maximum atomic E-state index is 14.3. The van der Waals surface area contributed by atoms with E-state index in [-0.39, 0.29) is 25.1 Å². The van der Waals surface area contributed by atoms with Crippen LogP contribution in [-0.4, -0.2) is 29.3 Å². The SMILES string of the molecule is CCc1cccc(NC(=O)N(Cc2ccc(F)cc2F)CC2CC(c3ccccc3F)=NO2)c1. The lowest BCUT2D eigenvalue weighted by Crippen LogP contribution is -2.40. The fourth-order valence-electron chi connectivity index (χ4n) is 3.77. The largest absolute Gasteiger partial charge is 0.390 e. The molecule has 0 spiro atoms. The molecular formula is C26H24F3N3O2. The molecule has 1 atom stereocenters. The molecular weight excluding hydrogens is 443 g/mol. The Morgan fingerprint density at radius 2 is 1.88 bits per heavy atom. The normalized spacial score (nSPS) is 14.9. The molecule has 176 valence electrons. The summed E-state index contributed by atoms with van der Waals surface area (Å²) in [7, 11) is 0. The molecule has 0 radical (unpaired) electrons. The van der Waals surface area contributed by atoms with Crippen LogP contribution in [0.2, 0.25) is 0 Å². The van der Waals surface area contributed by atoms with E-state index in [9.17, 15) is 18.0 Å². The predicted octanol–water partition coefficient (Wildman–Crippen LogP) is 5.89. The van der Waals surface area contributed by atoms with Crippen molar-refractivity contribution in [2.24, 2.45) is 5.16 Å². The van der Waals surface area contributed by atoms with Crippen LogP contribution < -0.4 is 5.32 Å². The number of hydrogen-bond donors (Lipinski definition) is 1. The highest BCUT2D eigenvalue weighted by Crippen LogP contribution is 2.22. The van der Waals surface area contributed by atoms with Crippen molar-refractivity contribution in [2.75, 3.05) is 11.9 Å². The van der Waals surface area contributed by atoms with Crippen LogP contribution in [0.4, 0.5) is 23.7 Å². The van der Waals surface area contributed by atoms with Gasteiger partial charge in [-0.15, -0.1) is 0 Å².